The molecule has 1 heterocycles. The largest absolute Gasteiger partial charge is 0.310 e. The van der Waals surface area contributed by atoms with Crippen LogP contribution in [0.1, 0.15) is 18.7 Å². The van der Waals surface area contributed by atoms with E-state index in [0.717, 1.165) is 11.6 Å². The summed E-state index contributed by atoms with van der Waals surface area (Å²) in [6.45, 7) is 5.21. The fraction of sp³-hybridized carbons (Fsp3) is 0.308. The molecular formula is C13H15IN2S. The molecule has 0 aliphatic rings. The minimum Gasteiger partial charge on any atom is -0.310 e. The monoisotopic (exact) mass is 358 g/mol. The summed E-state index contributed by atoms with van der Waals surface area (Å²) in [7, 11) is 0. The minimum absolute atomic E-state index is 0.512. The van der Waals surface area contributed by atoms with Gasteiger partial charge in [-0.3, -0.25) is 0 Å². The number of hydrogen-bond donors (Lipinski definition) is 1. The zero-order chi connectivity index (χ0) is 12.3. The van der Waals surface area contributed by atoms with E-state index in [1.807, 2.05) is 6.20 Å². The number of thiazole rings is 1. The Bertz CT molecular complexity index is 494. The van der Waals surface area contributed by atoms with Crippen LogP contribution in [0.5, 0.6) is 0 Å². The van der Waals surface area contributed by atoms with Crippen LogP contribution in [0.3, 0.4) is 0 Å². The van der Waals surface area contributed by atoms with Gasteiger partial charge in [-0.25, -0.2) is 4.98 Å². The topological polar surface area (TPSA) is 24.9 Å². The Labute approximate surface area is 120 Å². The maximum absolute atomic E-state index is 4.48. The molecule has 0 fully saturated rings. The molecule has 2 rings (SSSR count). The van der Waals surface area contributed by atoms with E-state index in [-0.39, 0.29) is 0 Å². The van der Waals surface area contributed by atoms with Crippen LogP contribution in [0.2, 0.25) is 0 Å². The first-order chi connectivity index (χ1) is 8.15. The van der Waals surface area contributed by atoms with Crippen LogP contribution in [0, 0.1) is 3.57 Å². The summed E-state index contributed by atoms with van der Waals surface area (Å²) in [5.41, 5.74) is 1.21. The van der Waals surface area contributed by atoms with E-state index in [4.69, 9.17) is 0 Å². The van der Waals surface area contributed by atoms with Gasteiger partial charge in [-0.1, -0.05) is 26.0 Å². The Morgan fingerprint density at radius 1 is 1.41 bits per heavy atom. The van der Waals surface area contributed by atoms with Gasteiger partial charge in [0.2, 0.25) is 0 Å². The van der Waals surface area contributed by atoms with Crippen LogP contribution >= 0.6 is 33.9 Å². The van der Waals surface area contributed by atoms with Gasteiger partial charge in [-0.2, -0.15) is 0 Å². The summed E-state index contributed by atoms with van der Waals surface area (Å²) < 4.78 is 1.25. The van der Waals surface area contributed by atoms with Gasteiger partial charge in [0.05, 0.1) is 0 Å². The standard InChI is InChI=1S/C13H15IN2S/c1-9(2)15-7-12-8-16-13(17-12)10-4-3-5-11(14)6-10/h3-6,8-9,15H,7H2,1-2H3. The summed E-state index contributed by atoms with van der Waals surface area (Å²) in [6.07, 6.45) is 1.97. The molecule has 1 aromatic heterocycles. The third kappa shape index (κ3) is 3.76. The predicted molar refractivity (Wildman–Crippen MR) is 82.2 cm³/mol. The Morgan fingerprint density at radius 3 is 2.94 bits per heavy atom. The van der Waals surface area contributed by atoms with Crippen molar-refractivity contribution in [2.75, 3.05) is 0 Å². The van der Waals surface area contributed by atoms with Gasteiger partial charge >= 0.3 is 0 Å². The third-order valence-electron chi connectivity index (χ3n) is 2.31. The van der Waals surface area contributed by atoms with E-state index in [1.165, 1.54) is 14.0 Å². The van der Waals surface area contributed by atoms with Gasteiger partial charge in [-0.05, 0) is 34.7 Å². The molecular weight excluding hydrogens is 343 g/mol. The lowest BCUT2D eigenvalue weighted by molar-refractivity contribution is 0.593. The third-order valence-corrected chi connectivity index (χ3v) is 4.03. The lowest BCUT2D eigenvalue weighted by atomic mass is 10.2. The fourth-order valence-electron chi connectivity index (χ4n) is 1.45. The summed E-state index contributed by atoms with van der Waals surface area (Å²) >= 11 is 4.09. The first-order valence-corrected chi connectivity index (χ1v) is 7.48. The van der Waals surface area contributed by atoms with Gasteiger partial charge in [0, 0.05) is 32.8 Å². The van der Waals surface area contributed by atoms with E-state index in [2.05, 4.69) is 71.0 Å². The number of nitrogens with one attached hydrogen (secondary N) is 1. The molecule has 0 aliphatic heterocycles. The fourth-order valence-corrected chi connectivity index (χ4v) is 2.85. The normalized spacial score (nSPS) is 11.1. The van der Waals surface area contributed by atoms with Crippen molar-refractivity contribution in [3.8, 4) is 10.6 Å². The quantitative estimate of drug-likeness (QED) is 0.839. The van der Waals surface area contributed by atoms with Gasteiger partial charge in [0.1, 0.15) is 5.01 Å². The van der Waals surface area contributed by atoms with Crippen molar-refractivity contribution in [1.82, 2.24) is 10.3 Å². The number of hydrogen-bond acceptors (Lipinski definition) is 3. The number of benzene rings is 1. The number of aromatic nitrogens is 1. The minimum atomic E-state index is 0.512. The highest BCUT2D eigenvalue weighted by atomic mass is 127. The summed E-state index contributed by atoms with van der Waals surface area (Å²) in [6, 6.07) is 8.96. The van der Waals surface area contributed by atoms with Crippen molar-refractivity contribution < 1.29 is 0 Å². The second-order valence-electron chi connectivity index (χ2n) is 4.18. The summed E-state index contributed by atoms with van der Waals surface area (Å²) in [5.74, 6) is 0. The highest BCUT2D eigenvalue weighted by molar-refractivity contribution is 14.1. The van der Waals surface area contributed by atoms with Crippen molar-refractivity contribution in [2.24, 2.45) is 0 Å². The maximum atomic E-state index is 4.48. The average Bonchev–Trinajstić information content (AvgIpc) is 2.75. The first kappa shape index (κ1) is 13.0. The SMILES string of the molecule is CC(C)NCc1cnc(-c2cccc(I)c2)s1. The smallest absolute Gasteiger partial charge is 0.123 e. The van der Waals surface area contributed by atoms with E-state index < -0.39 is 0 Å². The molecule has 1 N–H and O–H groups in total. The molecule has 0 radical (unpaired) electrons. The Balaban J connectivity index is 2.12. The Hall–Kier alpha value is -0.460. The molecule has 1 aromatic carbocycles. The van der Waals surface area contributed by atoms with E-state index in [9.17, 15) is 0 Å². The average molecular weight is 358 g/mol. The number of rotatable bonds is 4. The highest BCUT2D eigenvalue weighted by Crippen LogP contribution is 2.26. The first-order valence-electron chi connectivity index (χ1n) is 5.59. The van der Waals surface area contributed by atoms with Gasteiger partial charge in [0.25, 0.3) is 0 Å². The number of nitrogens with zero attached hydrogens (tertiary/aromatic N) is 1. The zero-order valence-electron chi connectivity index (χ0n) is 9.90. The maximum Gasteiger partial charge on any atom is 0.123 e. The van der Waals surface area contributed by atoms with E-state index >= 15 is 0 Å². The Kier molecular flexibility index (Phi) is 4.53. The van der Waals surface area contributed by atoms with Crippen LogP contribution in [0.4, 0.5) is 0 Å². The zero-order valence-corrected chi connectivity index (χ0v) is 12.9. The van der Waals surface area contributed by atoms with Gasteiger partial charge in [0.15, 0.2) is 0 Å². The second kappa shape index (κ2) is 5.93. The van der Waals surface area contributed by atoms with Gasteiger partial charge < -0.3 is 5.32 Å². The molecule has 0 spiro atoms. The van der Waals surface area contributed by atoms with Crippen LogP contribution in [-0.2, 0) is 6.54 Å². The van der Waals surface area contributed by atoms with Crippen molar-refractivity contribution >= 4 is 33.9 Å². The molecule has 0 atom stereocenters. The molecule has 0 saturated carbocycles. The summed E-state index contributed by atoms with van der Waals surface area (Å²) in [5, 5.41) is 4.51. The highest BCUT2D eigenvalue weighted by Gasteiger charge is 2.05. The molecule has 0 unspecified atom stereocenters. The molecule has 2 aromatic rings. The lowest BCUT2D eigenvalue weighted by Gasteiger charge is -2.04. The van der Waals surface area contributed by atoms with Crippen molar-refractivity contribution in [3.05, 3.63) is 38.9 Å². The van der Waals surface area contributed by atoms with Crippen LogP contribution in [-0.4, -0.2) is 11.0 Å². The van der Waals surface area contributed by atoms with Crippen LogP contribution in [0.25, 0.3) is 10.6 Å². The van der Waals surface area contributed by atoms with Gasteiger partial charge in [-0.15, -0.1) is 11.3 Å². The van der Waals surface area contributed by atoms with E-state index in [1.54, 1.807) is 11.3 Å². The number of halogens is 1. The molecule has 90 valence electrons. The molecule has 0 bridgehead atoms. The summed E-state index contributed by atoms with van der Waals surface area (Å²) in [4.78, 5) is 5.77. The molecule has 4 heteroatoms. The van der Waals surface area contributed by atoms with Crippen LogP contribution in [0.15, 0.2) is 30.5 Å². The van der Waals surface area contributed by atoms with Crippen molar-refractivity contribution in [2.45, 2.75) is 26.4 Å². The molecule has 0 amide bonds. The Morgan fingerprint density at radius 2 is 2.24 bits per heavy atom. The second-order valence-corrected chi connectivity index (χ2v) is 6.54. The van der Waals surface area contributed by atoms with Crippen LogP contribution < -0.4 is 5.32 Å². The van der Waals surface area contributed by atoms with Crippen molar-refractivity contribution in [1.29, 1.82) is 0 Å². The molecule has 2 nitrogen and oxygen atoms in total. The molecule has 17 heavy (non-hydrogen) atoms. The lowest BCUT2D eigenvalue weighted by Crippen LogP contribution is -2.21. The van der Waals surface area contributed by atoms with Crippen molar-refractivity contribution in [3.63, 3.8) is 0 Å². The molecule has 0 saturated heterocycles. The van der Waals surface area contributed by atoms with E-state index in [0.29, 0.717) is 6.04 Å². The predicted octanol–water partition coefficient (Wildman–Crippen LogP) is 3.91. The molecule has 0 aliphatic carbocycles.